The van der Waals surface area contributed by atoms with Crippen LogP contribution in [0, 0.1) is 0 Å². The van der Waals surface area contributed by atoms with Gasteiger partial charge >= 0.3 is 0 Å². The molecule has 0 aromatic heterocycles. The fourth-order valence-electron chi connectivity index (χ4n) is 2.96. The Kier molecular flexibility index (Phi) is 5.75. The van der Waals surface area contributed by atoms with E-state index in [-0.39, 0.29) is 17.2 Å². The summed E-state index contributed by atoms with van der Waals surface area (Å²) >= 11 is 0. The molecule has 0 bridgehead atoms. The molecule has 5 heteroatoms. The summed E-state index contributed by atoms with van der Waals surface area (Å²) in [5.74, 6) is 1.19. The first kappa shape index (κ1) is 19.2. The molecular formula is C23H22O5. The molecule has 144 valence electrons. The molecule has 3 N–H and O–H groups in total. The van der Waals surface area contributed by atoms with E-state index in [1.807, 2.05) is 30.3 Å². The van der Waals surface area contributed by atoms with Crippen molar-refractivity contribution < 1.29 is 24.8 Å². The number of aromatic hydroxyl groups is 3. The van der Waals surface area contributed by atoms with Gasteiger partial charge in [0.2, 0.25) is 0 Å². The number of phenols is 3. The van der Waals surface area contributed by atoms with E-state index in [1.54, 1.807) is 44.6 Å². The summed E-state index contributed by atoms with van der Waals surface area (Å²) in [6.07, 6.45) is 4.15. The molecule has 0 aliphatic heterocycles. The van der Waals surface area contributed by atoms with Crippen molar-refractivity contribution in [1.82, 2.24) is 0 Å². The number of hydrogen-bond donors (Lipinski definition) is 3. The third-order valence-electron chi connectivity index (χ3n) is 4.48. The quantitative estimate of drug-likeness (QED) is 0.432. The van der Waals surface area contributed by atoms with Crippen LogP contribution in [0.2, 0.25) is 0 Å². The molecule has 28 heavy (non-hydrogen) atoms. The molecule has 3 aromatic carbocycles. The van der Waals surface area contributed by atoms with Crippen LogP contribution in [-0.4, -0.2) is 29.5 Å². The predicted octanol–water partition coefficient (Wildman–Crippen LogP) is 4.58. The fourth-order valence-corrected chi connectivity index (χ4v) is 2.96. The van der Waals surface area contributed by atoms with Crippen LogP contribution >= 0.6 is 0 Å². The van der Waals surface area contributed by atoms with E-state index < -0.39 is 0 Å². The van der Waals surface area contributed by atoms with Gasteiger partial charge in [0.15, 0.2) is 11.5 Å². The van der Waals surface area contributed by atoms with Crippen LogP contribution in [0.5, 0.6) is 28.7 Å². The first-order valence-corrected chi connectivity index (χ1v) is 8.73. The van der Waals surface area contributed by atoms with Crippen molar-refractivity contribution in [1.29, 1.82) is 0 Å². The Morgan fingerprint density at radius 1 is 0.821 bits per heavy atom. The molecular weight excluding hydrogens is 356 g/mol. The van der Waals surface area contributed by atoms with Crippen LogP contribution in [0.1, 0.15) is 22.3 Å². The lowest BCUT2D eigenvalue weighted by Gasteiger charge is -2.15. The topological polar surface area (TPSA) is 79.2 Å². The second-order valence-electron chi connectivity index (χ2n) is 6.29. The number of methoxy groups -OCH3 is 2. The largest absolute Gasteiger partial charge is 0.508 e. The highest BCUT2D eigenvalue weighted by Crippen LogP contribution is 2.34. The fraction of sp³-hybridized carbons (Fsp3) is 0.130. The van der Waals surface area contributed by atoms with Gasteiger partial charge in [0, 0.05) is 23.6 Å². The number of benzene rings is 3. The molecule has 0 aliphatic carbocycles. The van der Waals surface area contributed by atoms with Crippen molar-refractivity contribution in [2.24, 2.45) is 0 Å². The van der Waals surface area contributed by atoms with Gasteiger partial charge in [-0.3, -0.25) is 0 Å². The molecule has 5 nitrogen and oxygen atoms in total. The van der Waals surface area contributed by atoms with Gasteiger partial charge in [0.1, 0.15) is 17.2 Å². The lowest BCUT2D eigenvalue weighted by atomic mass is 9.97. The van der Waals surface area contributed by atoms with Crippen LogP contribution < -0.4 is 9.47 Å². The van der Waals surface area contributed by atoms with Crippen molar-refractivity contribution in [3.8, 4) is 28.7 Å². The Labute approximate surface area is 163 Å². The molecule has 0 saturated carbocycles. The second kappa shape index (κ2) is 8.39. The molecule has 0 spiro atoms. The minimum absolute atomic E-state index is 0.172. The van der Waals surface area contributed by atoms with Crippen LogP contribution in [0.25, 0.3) is 12.2 Å². The summed E-state index contributed by atoms with van der Waals surface area (Å²) in [4.78, 5) is 0. The van der Waals surface area contributed by atoms with Gasteiger partial charge in [0.05, 0.1) is 14.2 Å². The third-order valence-corrected chi connectivity index (χ3v) is 4.48. The standard InChI is InChI=1S/C23H22O5/c1-27-19-13-17(9-8-16-4-3-5-21(25)23(16)26)20(22(14-19)28-2)12-15-6-10-18(24)11-7-15/h3-11,13-14,24-26H,12H2,1-2H3/b9-8+. The summed E-state index contributed by atoms with van der Waals surface area (Å²) in [6, 6.07) is 15.5. The smallest absolute Gasteiger partial charge is 0.164 e. The second-order valence-corrected chi connectivity index (χ2v) is 6.29. The number of ether oxygens (including phenoxy) is 2. The van der Waals surface area contributed by atoms with E-state index in [0.717, 1.165) is 16.7 Å². The number of phenolic OH excluding ortho intramolecular Hbond substituents is 3. The molecule has 0 fully saturated rings. The SMILES string of the molecule is COc1cc(/C=C/c2cccc(O)c2O)c(Cc2ccc(O)cc2)c(OC)c1. The molecule has 3 rings (SSSR count). The first-order valence-electron chi connectivity index (χ1n) is 8.73. The van der Waals surface area contributed by atoms with Gasteiger partial charge in [-0.1, -0.05) is 36.4 Å². The summed E-state index contributed by atoms with van der Waals surface area (Å²) in [5.41, 5.74) is 3.30. The normalized spacial score (nSPS) is 10.9. The van der Waals surface area contributed by atoms with Crippen LogP contribution in [0.15, 0.2) is 54.6 Å². The van der Waals surface area contributed by atoms with Crippen LogP contribution in [0.3, 0.4) is 0 Å². The maximum atomic E-state index is 10.0. The minimum atomic E-state index is -0.173. The number of hydrogen-bond acceptors (Lipinski definition) is 5. The zero-order chi connectivity index (χ0) is 20.1. The molecule has 0 atom stereocenters. The highest BCUT2D eigenvalue weighted by molar-refractivity contribution is 5.76. The first-order chi connectivity index (χ1) is 13.5. The Balaban J connectivity index is 2.05. The molecule has 0 radical (unpaired) electrons. The van der Waals surface area contributed by atoms with E-state index in [0.29, 0.717) is 23.5 Å². The van der Waals surface area contributed by atoms with E-state index in [4.69, 9.17) is 9.47 Å². The third kappa shape index (κ3) is 4.20. The van der Waals surface area contributed by atoms with Crippen LogP contribution in [-0.2, 0) is 6.42 Å². The summed E-state index contributed by atoms with van der Waals surface area (Å²) in [5, 5.41) is 29.2. The van der Waals surface area contributed by atoms with Gasteiger partial charge in [-0.2, -0.15) is 0 Å². The molecule has 0 unspecified atom stereocenters. The van der Waals surface area contributed by atoms with E-state index in [2.05, 4.69) is 0 Å². The van der Waals surface area contributed by atoms with Crippen molar-refractivity contribution in [3.63, 3.8) is 0 Å². The number of rotatable bonds is 6. The van der Waals surface area contributed by atoms with E-state index >= 15 is 0 Å². The molecule has 0 amide bonds. The molecule has 3 aromatic rings. The van der Waals surface area contributed by atoms with Gasteiger partial charge in [-0.15, -0.1) is 0 Å². The van der Waals surface area contributed by atoms with Crippen molar-refractivity contribution in [3.05, 3.63) is 76.9 Å². The summed E-state index contributed by atoms with van der Waals surface area (Å²) in [7, 11) is 3.19. The van der Waals surface area contributed by atoms with Crippen molar-refractivity contribution in [2.45, 2.75) is 6.42 Å². The molecule has 0 aliphatic rings. The highest BCUT2D eigenvalue weighted by Gasteiger charge is 2.12. The van der Waals surface area contributed by atoms with Gasteiger partial charge in [-0.25, -0.2) is 0 Å². The Bertz CT molecular complexity index is 991. The summed E-state index contributed by atoms with van der Waals surface area (Å²) in [6.45, 7) is 0. The Hall–Kier alpha value is -3.60. The van der Waals surface area contributed by atoms with Crippen molar-refractivity contribution >= 4 is 12.2 Å². The van der Waals surface area contributed by atoms with Gasteiger partial charge in [0.25, 0.3) is 0 Å². The maximum Gasteiger partial charge on any atom is 0.164 e. The monoisotopic (exact) mass is 378 g/mol. The maximum absolute atomic E-state index is 10.0. The summed E-state index contributed by atoms with van der Waals surface area (Å²) < 4.78 is 10.9. The predicted molar refractivity (Wildman–Crippen MR) is 109 cm³/mol. The van der Waals surface area contributed by atoms with E-state index in [9.17, 15) is 15.3 Å². The lowest BCUT2D eigenvalue weighted by molar-refractivity contribution is 0.391. The van der Waals surface area contributed by atoms with Crippen molar-refractivity contribution in [2.75, 3.05) is 14.2 Å². The van der Waals surface area contributed by atoms with Gasteiger partial charge < -0.3 is 24.8 Å². The molecule has 0 heterocycles. The lowest BCUT2D eigenvalue weighted by Crippen LogP contribution is -1.98. The van der Waals surface area contributed by atoms with Crippen LogP contribution in [0.4, 0.5) is 0 Å². The average molecular weight is 378 g/mol. The molecule has 0 saturated heterocycles. The Morgan fingerprint density at radius 2 is 1.54 bits per heavy atom. The zero-order valence-corrected chi connectivity index (χ0v) is 15.7. The highest BCUT2D eigenvalue weighted by atomic mass is 16.5. The zero-order valence-electron chi connectivity index (χ0n) is 15.7. The Morgan fingerprint density at radius 3 is 2.21 bits per heavy atom. The number of para-hydroxylation sites is 1. The van der Waals surface area contributed by atoms with Gasteiger partial charge in [-0.05, 0) is 35.4 Å². The minimum Gasteiger partial charge on any atom is -0.508 e. The van der Waals surface area contributed by atoms with E-state index in [1.165, 1.54) is 6.07 Å². The average Bonchev–Trinajstić information content (AvgIpc) is 2.71.